The largest absolute Gasteiger partial charge is 0.478 e. The molecule has 0 aliphatic rings. The summed E-state index contributed by atoms with van der Waals surface area (Å²) in [7, 11) is 0. The number of nitrogens with one attached hydrogen (secondary N) is 1. The SMILES string of the molecule is O=C(O)C=Cc1ccc(C(=O)Nc2ccccn2)c(F)c1. The maximum Gasteiger partial charge on any atom is 0.328 e. The first-order valence-electron chi connectivity index (χ1n) is 5.99. The number of carbonyl (C=O) groups excluding carboxylic acids is 1. The highest BCUT2D eigenvalue weighted by Gasteiger charge is 2.12. The zero-order valence-corrected chi connectivity index (χ0v) is 10.8. The number of anilines is 1. The van der Waals surface area contributed by atoms with E-state index >= 15 is 0 Å². The molecule has 0 atom stereocenters. The van der Waals surface area contributed by atoms with Crippen LogP contribution in [0.4, 0.5) is 10.2 Å². The number of carbonyl (C=O) groups is 2. The van der Waals surface area contributed by atoms with Crippen molar-refractivity contribution in [3.63, 3.8) is 0 Å². The van der Waals surface area contributed by atoms with Crippen molar-refractivity contribution in [3.8, 4) is 0 Å². The molecule has 0 saturated heterocycles. The number of amides is 1. The molecule has 1 amide bonds. The van der Waals surface area contributed by atoms with Crippen LogP contribution >= 0.6 is 0 Å². The molecule has 1 aromatic carbocycles. The second kappa shape index (κ2) is 6.42. The van der Waals surface area contributed by atoms with E-state index in [0.29, 0.717) is 11.4 Å². The van der Waals surface area contributed by atoms with Crippen molar-refractivity contribution in [2.24, 2.45) is 0 Å². The van der Waals surface area contributed by atoms with Gasteiger partial charge in [0.2, 0.25) is 0 Å². The van der Waals surface area contributed by atoms with Crippen LogP contribution < -0.4 is 5.32 Å². The molecular weight excluding hydrogens is 275 g/mol. The summed E-state index contributed by atoms with van der Waals surface area (Å²) in [6.07, 6.45) is 3.64. The second-order valence-electron chi connectivity index (χ2n) is 4.08. The molecule has 21 heavy (non-hydrogen) atoms. The zero-order chi connectivity index (χ0) is 15.2. The van der Waals surface area contributed by atoms with Gasteiger partial charge in [-0.25, -0.2) is 14.2 Å². The monoisotopic (exact) mass is 286 g/mol. The number of halogens is 1. The molecule has 1 aromatic heterocycles. The van der Waals surface area contributed by atoms with Gasteiger partial charge in [0.15, 0.2) is 0 Å². The summed E-state index contributed by atoms with van der Waals surface area (Å²) in [5.74, 6) is -2.18. The van der Waals surface area contributed by atoms with Gasteiger partial charge in [0.05, 0.1) is 5.56 Å². The molecule has 0 radical (unpaired) electrons. The lowest BCUT2D eigenvalue weighted by molar-refractivity contribution is -0.131. The Morgan fingerprint density at radius 3 is 2.67 bits per heavy atom. The fraction of sp³-hybridized carbons (Fsp3) is 0. The quantitative estimate of drug-likeness (QED) is 0.847. The third-order valence-corrected chi connectivity index (χ3v) is 2.56. The van der Waals surface area contributed by atoms with E-state index in [2.05, 4.69) is 10.3 Å². The summed E-state index contributed by atoms with van der Waals surface area (Å²) in [4.78, 5) is 26.2. The predicted molar refractivity (Wildman–Crippen MR) is 75.3 cm³/mol. The number of nitrogens with zero attached hydrogens (tertiary/aromatic N) is 1. The van der Waals surface area contributed by atoms with Crippen molar-refractivity contribution >= 4 is 23.8 Å². The number of carboxylic acids is 1. The number of hydrogen-bond donors (Lipinski definition) is 2. The third kappa shape index (κ3) is 3.97. The summed E-state index contributed by atoms with van der Waals surface area (Å²) in [6.45, 7) is 0. The molecule has 106 valence electrons. The highest BCUT2D eigenvalue weighted by Crippen LogP contribution is 2.13. The molecule has 6 heteroatoms. The van der Waals surface area contributed by atoms with Crippen molar-refractivity contribution in [1.82, 2.24) is 4.98 Å². The number of rotatable bonds is 4. The highest BCUT2D eigenvalue weighted by molar-refractivity contribution is 6.04. The Morgan fingerprint density at radius 2 is 2.05 bits per heavy atom. The van der Waals surface area contributed by atoms with Gasteiger partial charge in [0.1, 0.15) is 11.6 Å². The average molecular weight is 286 g/mol. The zero-order valence-electron chi connectivity index (χ0n) is 10.8. The Morgan fingerprint density at radius 1 is 1.24 bits per heavy atom. The van der Waals surface area contributed by atoms with Crippen LogP contribution in [0.1, 0.15) is 15.9 Å². The molecular formula is C15H11FN2O3. The van der Waals surface area contributed by atoms with Gasteiger partial charge < -0.3 is 10.4 Å². The third-order valence-electron chi connectivity index (χ3n) is 2.56. The van der Waals surface area contributed by atoms with Gasteiger partial charge >= 0.3 is 5.97 Å². The highest BCUT2D eigenvalue weighted by atomic mass is 19.1. The minimum absolute atomic E-state index is 0.145. The maximum atomic E-state index is 13.9. The minimum atomic E-state index is -1.13. The summed E-state index contributed by atoms with van der Waals surface area (Å²) < 4.78 is 13.9. The lowest BCUT2D eigenvalue weighted by atomic mass is 10.1. The Bertz CT molecular complexity index is 699. The average Bonchev–Trinajstić information content (AvgIpc) is 2.46. The fourth-order valence-electron chi connectivity index (χ4n) is 1.61. The Kier molecular flexibility index (Phi) is 4.40. The summed E-state index contributed by atoms with van der Waals surface area (Å²) in [6, 6.07) is 8.80. The van der Waals surface area contributed by atoms with Crippen LogP contribution in [-0.4, -0.2) is 22.0 Å². The van der Waals surface area contributed by atoms with Crippen molar-refractivity contribution in [2.45, 2.75) is 0 Å². The molecule has 2 rings (SSSR count). The van der Waals surface area contributed by atoms with Gasteiger partial charge in [0, 0.05) is 12.3 Å². The molecule has 0 spiro atoms. The van der Waals surface area contributed by atoms with Crippen LogP contribution in [0.2, 0.25) is 0 Å². The molecule has 0 aliphatic carbocycles. The van der Waals surface area contributed by atoms with E-state index in [0.717, 1.165) is 12.1 Å². The van der Waals surface area contributed by atoms with E-state index in [1.165, 1.54) is 24.4 Å². The van der Waals surface area contributed by atoms with Crippen molar-refractivity contribution in [1.29, 1.82) is 0 Å². The predicted octanol–water partition coefficient (Wildman–Crippen LogP) is 2.57. The second-order valence-corrected chi connectivity index (χ2v) is 4.08. The maximum absolute atomic E-state index is 13.9. The van der Waals surface area contributed by atoms with Gasteiger partial charge in [-0.15, -0.1) is 0 Å². The first-order valence-corrected chi connectivity index (χ1v) is 5.99. The van der Waals surface area contributed by atoms with Crippen molar-refractivity contribution < 1.29 is 19.1 Å². The van der Waals surface area contributed by atoms with Crippen LogP contribution in [0.25, 0.3) is 6.08 Å². The summed E-state index contributed by atoms with van der Waals surface area (Å²) >= 11 is 0. The molecule has 0 saturated carbocycles. The number of aromatic nitrogens is 1. The van der Waals surface area contributed by atoms with Gasteiger partial charge in [-0.1, -0.05) is 12.1 Å². The molecule has 2 aromatic rings. The summed E-state index contributed by atoms with van der Waals surface area (Å²) in [5, 5.41) is 11.0. The molecule has 0 bridgehead atoms. The molecule has 2 N–H and O–H groups in total. The molecule has 0 unspecified atom stereocenters. The number of carboxylic acid groups (broad SMARTS) is 1. The smallest absolute Gasteiger partial charge is 0.328 e. The van der Waals surface area contributed by atoms with Crippen LogP contribution in [0.3, 0.4) is 0 Å². The van der Waals surface area contributed by atoms with Gasteiger partial charge in [-0.05, 0) is 35.9 Å². The first kappa shape index (κ1) is 14.4. The lowest BCUT2D eigenvalue weighted by Gasteiger charge is -2.05. The normalized spacial score (nSPS) is 10.5. The minimum Gasteiger partial charge on any atom is -0.478 e. The van der Waals surface area contributed by atoms with E-state index in [-0.39, 0.29) is 5.56 Å². The van der Waals surface area contributed by atoms with Crippen LogP contribution in [0.5, 0.6) is 0 Å². The van der Waals surface area contributed by atoms with Gasteiger partial charge in [-0.3, -0.25) is 4.79 Å². The van der Waals surface area contributed by atoms with E-state index < -0.39 is 17.7 Å². The van der Waals surface area contributed by atoms with E-state index in [1.807, 2.05) is 0 Å². The topological polar surface area (TPSA) is 79.3 Å². The number of pyridine rings is 1. The van der Waals surface area contributed by atoms with E-state index in [4.69, 9.17) is 5.11 Å². The van der Waals surface area contributed by atoms with Gasteiger partial charge in [-0.2, -0.15) is 0 Å². The molecule has 5 nitrogen and oxygen atoms in total. The standard InChI is InChI=1S/C15H11FN2O3/c16-12-9-10(5-7-14(19)20)4-6-11(12)15(21)18-13-3-1-2-8-17-13/h1-9H,(H,19,20)(H,17,18,21). The first-order chi connectivity index (χ1) is 10.1. The molecule has 1 heterocycles. The van der Waals surface area contributed by atoms with Crippen LogP contribution in [-0.2, 0) is 4.79 Å². The molecule has 0 aliphatic heterocycles. The molecule has 0 fully saturated rings. The van der Waals surface area contributed by atoms with E-state index in [9.17, 15) is 14.0 Å². The summed E-state index contributed by atoms with van der Waals surface area (Å²) in [5.41, 5.74) is 0.206. The number of hydrogen-bond acceptors (Lipinski definition) is 3. The van der Waals surface area contributed by atoms with E-state index in [1.54, 1.807) is 18.2 Å². The Hall–Kier alpha value is -3.02. The van der Waals surface area contributed by atoms with Crippen molar-refractivity contribution in [2.75, 3.05) is 5.32 Å². The Balaban J connectivity index is 2.17. The lowest BCUT2D eigenvalue weighted by Crippen LogP contribution is -2.14. The fourth-order valence-corrected chi connectivity index (χ4v) is 1.61. The van der Waals surface area contributed by atoms with Crippen molar-refractivity contribution in [3.05, 3.63) is 65.6 Å². The van der Waals surface area contributed by atoms with Crippen LogP contribution in [0.15, 0.2) is 48.7 Å². The van der Waals surface area contributed by atoms with Gasteiger partial charge in [0.25, 0.3) is 5.91 Å². The number of aliphatic carboxylic acids is 1. The number of benzene rings is 1. The van der Waals surface area contributed by atoms with Crippen LogP contribution in [0, 0.1) is 5.82 Å². The Labute approximate surface area is 119 Å².